The first-order chi connectivity index (χ1) is 13.6. The SMILES string of the molecule is O=S(=O)(c1ccc(-c2ccccc2)cc1)N1CC(c2nc3ccccc3[nH]2)C1. The molecule has 1 saturated heterocycles. The highest BCUT2D eigenvalue weighted by molar-refractivity contribution is 7.89. The van der Waals surface area contributed by atoms with Crippen molar-refractivity contribution in [3.8, 4) is 11.1 Å². The Bertz CT molecular complexity index is 1190. The molecule has 1 aliphatic rings. The second kappa shape index (κ2) is 6.58. The van der Waals surface area contributed by atoms with Gasteiger partial charge in [-0.1, -0.05) is 54.6 Å². The number of hydrogen-bond acceptors (Lipinski definition) is 3. The zero-order valence-corrected chi connectivity index (χ0v) is 15.9. The highest BCUT2D eigenvalue weighted by Crippen LogP contribution is 2.32. The quantitative estimate of drug-likeness (QED) is 0.573. The Hall–Kier alpha value is -2.96. The van der Waals surface area contributed by atoms with E-state index in [1.54, 1.807) is 12.1 Å². The Morgan fingerprint density at radius 3 is 2.18 bits per heavy atom. The molecule has 0 aliphatic carbocycles. The summed E-state index contributed by atoms with van der Waals surface area (Å²) >= 11 is 0. The molecule has 0 atom stereocenters. The number of H-pyrrole nitrogens is 1. The molecule has 0 radical (unpaired) electrons. The second-order valence-electron chi connectivity index (χ2n) is 7.05. The van der Waals surface area contributed by atoms with Crippen LogP contribution < -0.4 is 0 Å². The van der Waals surface area contributed by atoms with E-state index in [9.17, 15) is 8.42 Å². The predicted octanol–water partition coefficient (Wildman–Crippen LogP) is 4.02. The lowest BCUT2D eigenvalue weighted by molar-refractivity contribution is 0.257. The minimum Gasteiger partial charge on any atom is -0.342 e. The van der Waals surface area contributed by atoms with Crippen LogP contribution in [0, 0.1) is 0 Å². The minimum absolute atomic E-state index is 0.103. The van der Waals surface area contributed by atoms with Crippen LogP contribution in [0.4, 0.5) is 0 Å². The highest BCUT2D eigenvalue weighted by atomic mass is 32.2. The maximum absolute atomic E-state index is 12.9. The predicted molar refractivity (Wildman–Crippen MR) is 109 cm³/mol. The van der Waals surface area contributed by atoms with Gasteiger partial charge in [0.2, 0.25) is 10.0 Å². The van der Waals surface area contributed by atoms with Gasteiger partial charge < -0.3 is 4.98 Å². The fraction of sp³-hybridized carbons (Fsp3) is 0.136. The summed E-state index contributed by atoms with van der Waals surface area (Å²) in [6, 6.07) is 24.9. The first-order valence-corrected chi connectivity index (χ1v) is 10.7. The van der Waals surface area contributed by atoms with Crippen LogP contribution in [-0.2, 0) is 10.0 Å². The molecule has 0 amide bonds. The molecule has 1 aromatic heterocycles. The summed E-state index contributed by atoms with van der Waals surface area (Å²) in [6.07, 6.45) is 0. The molecule has 0 bridgehead atoms. The van der Waals surface area contributed by atoms with E-state index in [0.29, 0.717) is 18.0 Å². The molecule has 0 unspecified atom stereocenters. The van der Waals surface area contributed by atoms with Crippen molar-refractivity contribution in [3.63, 3.8) is 0 Å². The van der Waals surface area contributed by atoms with Crippen molar-refractivity contribution in [3.05, 3.63) is 84.7 Å². The number of sulfonamides is 1. The van der Waals surface area contributed by atoms with Gasteiger partial charge in [-0.05, 0) is 35.4 Å². The maximum Gasteiger partial charge on any atom is 0.243 e. The molecule has 0 spiro atoms. The molecule has 28 heavy (non-hydrogen) atoms. The molecule has 1 N–H and O–H groups in total. The van der Waals surface area contributed by atoms with Crippen LogP contribution in [0.25, 0.3) is 22.2 Å². The van der Waals surface area contributed by atoms with Crippen LogP contribution >= 0.6 is 0 Å². The van der Waals surface area contributed by atoms with Crippen LogP contribution in [0.3, 0.4) is 0 Å². The minimum atomic E-state index is -3.48. The number of fused-ring (bicyclic) bond motifs is 1. The largest absolute Gasteiger partial charge is 0.342 e. The smallest absolute Gasteiger partial charge is 0.243 e. The molecule has 140 valence electrons. The van der Waals surface area contributed by atoms with Crippen molar-refractivity contribution in [2.24, 2.45) is 0 Å². The average Bonchev–Trinajstić information content (AvgIpc) is 3.11. The Morgan fingerprint density at radius 2 is 1.46 bits per heavy atom. The summed E-state index contributed by atoms with van der Waals surface area (Å²) in [5.74, 6) is 0.956. The lowest BCUT2D eigenvalue weighted by Gasteiger charge is -2.36. The van der Waals surface area contributed by atoms with Gasteiger partial charge in [0.15, 0.2) is 0 Å². The van der Waals surface area contributed by atoms with Crippen molar-refractivity contribution in [2.75, 3.05) is 13.1 Å². The summed E-state index contributed by atoms with van der Waals surface area (Å²) in [5.41, 5.74) is 3.97. The summed E-state index contributed by atoms with van der Waals surface area (Å²) in [4.78, 5) is 8.22. The van der Waals surface area contributed by atoms with Crippen LogP contribution in [0.5, 0.6) is 0 Å². The van der Waals surface area contributed by atoms with Crippen molar-refractivity contribution in [2.45, 2.75) is 10.8 Å². The first kappa shape index (κ1) is 17.2. The third-order valence-electron chi connectivity index (χ3n) is 5.24. The van der Waals surface area contributed by atoms with Crippen molar-refractivity contribution < 1.29 is 8.42 Å². The van der Waals surface area contributed by atoms with Gasteiger partial charge in [-0.15, -0.1) is 0 Å². The van der Waals surface area contributed by atoms with E-state index >= 15 is 0 Å². The number of nitrogens with one attached hydrogen (secondary N) is 1. The molecule has 2 heterocycles. The van der Waals surface area contributed by atoms with Gasteiger partial charge in [-0.2, -0.15) is 4.31 Å². The molecule has 6 heteroatoms. The number of benzene rings is 3. The standard InChI is InChI=1S/C22H19N3O2S/c26-28(27,19-12-10-17(11-13-19)16-6-2-1-3-7-16)25-14-18(15-25)22-23-20-8-4-5-9-21(20)24-22/h1-13,18H,14-15H2,(H,23,24). The van der Waals surface area contributed by atoms with E-state index in [2.05, 4.69) is 9.97 Å². The van der Waals surface area contributed by atoms with E-state index in [4.69, 9.17) is 0 Å². The van der Waals surface area contributed by atoms with Gasteiger partial charge in [0, 0.05) is 19.0 Å². The van der Waals surface area contributed by atoms with Crippen LogP contribution in [0.1, 0.15) is 11.7 Å². The summed E-state index contributed by atoms with van der Waals surface area (Å²) in [5, 5.41) is 0. The third kappa shape index (κ3) is 2.91. The molecular formula is C22H19N3O2S. The summed E-state index contributed by atoms with van der Waals surface area (Å²) < 4.78 is 27.3. The van der Waals surface area contributed by atoms with E-state index in [-0.39, 0.29) is 5.92 Å². The van der Waals surface area contributed by atoms with Crippen molar-refractivity contribution in [1.29, 1.82) is 0 Å². The number of hydrogen-bond donors (Lipinski definition) is 1. The second-order valence-corrected chi connectivity index (χ2v) is 8.99. The van der Waals surface area contributed by atoms with Crippen molar-refractivity contribution >= 4 is 21.1 Å². The number of nitrogens with zero attached hydrogens (tertiary/aromatic N) is 2. The van der Waals surface area contributed by atoms with Crippen LogP contribution in [0.15, 0.2) is 83.8 Å². The fourth-order valence-corrected chi connectivity index (χ4v) is 5.10. The van der Waals surface area contributed by atoms with Gasteiger partial charge in [0.05, 0.1) is 15.9 Å². The van der Waals surface area contributed by atoms with E-state index in [1.807, 2.05) is 66.7 Å². The number of para-hydroxylation sites is 2. The highest BCUT2D eigenvalue weighted by Gasteiger charge is 2.38. The average molecular weight is 389 g/mol. The molecule has 5 nitrogen and oxygen atoms in total. The number of aromatic nitrogens is 2. The number of rotatable bonds is 4. The zero-order chi connectivity index (χ0) is 19.1. The Balaban J connectivity index is 1.32. The number of imidazole rings is 1. The van der Waals surface area contributed by atoms with Crippen molar-refractivity contribution in [1.82, 2.24) is 14.3 Å². The summed E-state index contributed by atoms with van der Waals surface area (Å²) in [6.45, 7) is 0.894. The van der Waals surface area contributed by atoms with Crippen LogP contribution in [-0.4, -0.2) is 35.8 Å². The normalized spacial score (nSPS) is 15.6. The molecule has 1 fully saturated rings. The topological polar surface area (TPSA) is 66.1 Å². The molecule has 4 aromatic rings. The third-order valence-corrected chi connectivity index (χ3v) is 7.09. The maximum atomic E-state index is 12.9. The van der Waals surface area contributed by atoms with Gasteiger partial charge >= 0.3 is 0 Å². The molecule has 3 aromatic carbocycles. The van der Waals surface area contributed by atoms with E-state index in [0.717, 1.165) is 28.0 Å². The Kier molecular flexibility index (Phi) is 4.03. The Morgan fingerprint density at radius 1 is 0.821 bits per heavy atom. The molecular weight excluding hydrogens is 370 g/mol. The monoisotopic (exact) mass is 389 g/mol. The fourth-order valence-electron chi connectivity index (χ4n) is 3.57. The van der Waals surface area contributed by atoms with Crippen LogP contribution in [0.2, 0.25) is 0 Å². The Labute approximate surface area is 163 Å². The molecule has 1 aliphatic heterocycles. The first-order valence-electron chi connectivity index (χ1n) is 9.21. The molecule has 5 rings (SSSR count). The summed E-state index contributed by atoms with van der Waals surface area (Å²) in [7, 11) is -3.48. The molecule has 0 saturated carbocycles. The van der Waals surface area contributed by atoms with E-state index < -0.39 is 10.0 Å². The van der Waals surface area contributed by atoms with E-state index in [1.165, 1.54) is 4.31 Å². The van der Waals surface area contributed by atoms with Gasteiger partial charge in [-0.3, -0.25) is 0 Å². The lowest BCUT2D eigenvalue weighted by atomic mass is 10.0. The van der Waals surface area contributed by atoms with Gasteiger partial charge in [0.1, 0.15) is 5.82 Å². The lowest BCUT2D eigenvalue weighted by Crippen LogP contribution is -2.48. The zero-order valence-electron chi connectivity index (χ0n) is 15.1. The number of aromatic amines is 1. The van der Waals surface area contributed by atoms with Gasteiger partial charge in [-0.25, -0.2) is 13.4 Å². The van der Waals surface area contributed by atoms with Gasteiger partial charge in [0.25, 0.3) is 0 Å².